The largest absolute Gasteiger partial charge is 0.396 e. The average molecular weight is 372 g/mol. The van der Waals surface area contributed by atoms with Crippen molar-refractivity contribution < 1.29 is 8.78 Å². The number of rotatable bonds is 4. The molecule has 138 valence electrons. The molecule has 1 heterocycles. The molecule has 0 aliphatic rings. The van der Waals surface area contributed by atoms with Gasteiger partial charge in [-0.2, -0.15) is 0 Å². The Morgan fingerprint density at radius 2 is 1.43 bits per heavy atom. The van der Waals surface area contributed by atoms with Crippen LogP contribution in [0.3, 0.4) is 0 Å². The fourth-order valence-corrected chi connectivity index (χ4v) is 3.10. The second-order valence-corrected chi connectivity index (χ2v) is 6.58. The van der Waals surface area contributed by atoms with Crippen molar-refractivity contribution in [2.75, 3.05) is 5.73 Å². The fraction of sp³-hybridized carbons (Fsp3) is 0.0417. The molecule has 0 saturated carbocycles. The van der Waals surface area contributed by atoms with E-state index in [0.29, 0.717) is 17.6 Å². The molecular weight excluding hydrogens is 354 g/mol. The number of allylic oxidation sites excluding steroid dienone is 1. The van der Waals surface area contributed by atoms with Gasteiger partial charge in [0, 0.05) is 10.9 Å². The average Bonchev–Trinajstić information content (AvgIpc) is 2.72. The van der Waals surface area contributed by atoms with Gasteiger partial charge in [0.25, 0.3) is 0 Å². The van der Waals surface area contributed by atoms with E-state index in [4.69, 9.17) is 5.73 Å². The second kappa shape index (κ2) is 7.61. The summed E-state index contributed by atoms with van der Waals surface area (Å²) in [5.74, 6) is -0.521. The summed E-state index contributed by atoms with van der Waals surface area (Å²) in [6, 6.07) is 20.5. The minimum absolute atomic E-state index is 0.241. The van der Waals surface area contributed by atoms with Crippen molar-refractivity contribution in [1.29, 1.82) is 0 Å². The third kappa shape index (κ3) is 3.76. The topological polar surface area (TPSA) is 38.9 Å². The van der Waals surface area contributed by atoms with Crippen LogP contribution < -0.4 is 5.73 Å². The quantitative estimate of drug-likeness (QED) is 0.445. The number of nitrogens with two attached hydrogens (primary N) is 1. The highest BCUT2D eigenvalue weighted by atomic mass is 19.1. The Hall–Kier alpha value is -3.53. The van der Waals surface area contributed by atoms with Crippen molar-refractivity contribution in [3.05, 3.63) is 102 Å². The van der Waals surface area contributed by atoms with Crippen LogP contribution in [0.5, 0.6) is 0 Å². The van der Waals surface area contributed by atoms with Gasteiger partial charge in [0.1, 0.15) is 11.6 Å². The van der Waals surface area contributed by atoms with Crippen LogP contribution in [0.4, 0.5) is 14.5 Å². The van der Waals surface area contributed by atoms with Gasteiger partial charge in [0.2, 0.25) is 0 Å². The molecule has 0 saturated heterocycles. The Balaban J connectivity index is 1.64. The van der Waals surface area contributed by atoms with Crippen molar-refractivity contribution in [1.82, 2.24) is 4.98 Å². The van der Waals surface area contributed by atoms with E-state index in [9.17, 15) is 8.78 Å². The van der Waals surface area contributed by atoms with E-state index < -0.39 is 0 Å². The van der Waals surface area contributed by atoms with Crippen molar-refractivity contribution in [3.63, 3.8) is 0 Å². The number of fused-ring (bicyclic) bond motifs is 1. The van der Waals surface area contributed by atoms with Crippen molar-refractivity contribution in [3.8, 4) is 11.3 Å². The van der Waals surface area contributed by atoms with E-state index in [1.54, 1.807) is 24.3 Å². The van der Waals surface area contributed by atoms with E-state index in [1.165, 1.54) is 24.3 Å². The van der Waals surface area contributed by atoms with Gasteiger partial charge in [-0.15, -0.1) is 0 Å². The summed E-state index contributed by atoms with van der Waals surface area (Å²) in [5.41, 5.74) is 11.1. The molecule has 0 unspecified atom stereocenters. The van der Waals surface area contributed by atoms with Crippen molar-refractivity contribution in [2.24, 2.45) is 0 Å². The van der Waals surface area contributed by atoms with Gasteiger partial charge >= 0.3 is 0 Å². The van der Waals surface area contributed by atoms with E-state index in [-0.39, 0.29) is 11.6 Å². The van der Waals surface area contributed by atoms with Gasteiger partial charge in [-0.05, 0) is 60.0 Å². The van der Waals surface area contributed by atoms with Gasteiger partial charge in [-0.25, -0.2) is 13.8 Å². The standard InChI is InChI=1S/C24H18F2N2/c25-20-11-4-16(5-12-20)2-1-3-18-6-7-19-10-15-22(28-24(19)23(18)27)17-8-13-21(26)14-9-17/h1,3-15H,2,27H2/b3-1-. The Morgan fingerprint density at radius 3 is 2.14 bits per heavy atom. The summed E-state index contributed by atoms with van der Waals surface area (Å²) in [4.78, 5) is 4.69. The van der Waals surface area contributed by atoms with E-state index in [0.717, 1.165) is 27.8 Å². The molecular formula is C24H18F2N2. The molecule has 2 N–H and O–H groups in total. The SMILES string of the molecule is Nc1c(/C=C\Cc2ccc(F)cc2)ccc2ccc(-c3ccc(F)cc3)nc12. The Kier molecular flexibility index (Phi) is 4.85. The summed E-state index contributed by atoms with van der Waals surface area (Å²) in [6.07, 6.45) is 4.62. The maximum Gasteiger partial charge on any atom is 0.123 e. The molecule has 2 nitrogen and oxygen atoms in total. The van der Waals surface area contributed by atoms with E-state index >= 15 is 0 Å². The zero-order valence-electron chi connectivity index (χ0n) is 15.1. The molecule has 0 spiro atoms. The van der Waals surface area contributed by atoms with Gasteiger partial charge in [-0.1, -0.05) is 42.5 Å². The molecule has 0 fully saturated rings. The number of nitrogen functional groups attached to an aromatic ring is 1. The van der Waals surface area contributed by atoms with Gasteiger partial charge < -0.3 is 5.73 Å². The Labute approximate surface area is 162 Å². The van der Waals surface area contributed by atoms with Gasteiger partial charge in [0.15, 0.2) is 0 Å². The summed E-state index contributed by atoms with van der Waals surface area (Å²) in [5, 5.41) is 0.944. The first-order chi connectivity index (χ1) is 13.6. The molecule has 1 aromatic heterocycles. The number of aromatic nitrogens is 1. The summed E-state index contributed by atoms with van der Waals surface area (Å²) in [7, 11) is 0. The molecule has 0 aliphatic heterocycles. The molecule has 0 amide bonds. The van der Waals surface area contributed by atoms with E-state index in [1.807, 2.05) is 36.4 Å². The lowest BCUT2D eigenvalue weighted by atomic mass is 10.0. The predicted molar refractivity (Wildman–Crippen MR) is 111 cm³/mol. The smallest absolute Gasteiger partial charge is 0.123 e. The highest BCUT2D eigenvalue weighted by Crippen LogP contribution is 2.28. The van der Waals surface area contributed by atoms with Crippen LogP contribution in [0.25, 0.3) is 28.2 Å². The van der Waals surface area contributed by atoms with Gasteiger partial charge in [0.05, 0.1) is 16.9 Å². The van der Waals surface area contributed by atoms with Crippen LogP contribution in [-0.2, 0) is 6.42 Å². The lowest BCUT2D eigenvalue weighted by Crippen LogP contribution is -1.95. The maximum absolute atomic E-state index is 13.2. The molecule has 0 radical (unpaired) electrons. The lowest BCUT2D eigenvalue weighted by molar-refractivity contribution is 0.627. The number of pyridine rings is 1. The number of hydrogen-bond donors (Lipinski definition) is 1. The summed E-state index contributed by atoms with van der Waals surface area (Å²) in [6.45, 7) is 0. The van der Waals surface area contributed by atoms with Crippen LogP contribution in [0.2, 0.25) is 0 Å². The first kappa shape index (κ1) is 17.9. The maximum atomic E-state index is 13.2. The number of benzene rings is 3. The van der Waals surface area contributed by atoms with Gasteiger partial charge in [-0.3, -0.25) is 0 Å². The van der Waals surface area contributed by atoms with Crippen LogP contribution in [-0.4, -0.2) is 4.98 Å². The first-order valence-electron chi connectivity index (χ1n) is 8.96. The molecule has 4 heteroatoms. The molecule has 3 aromatic carbocycles. The predicted octanol–water partition coefficient (Wildman–Crippen LogP) is 6.02. The summed E-state index contributed by atoms with van der Waals surface area (Å²) < 4.78 is 26.2. The molecule has 0 aliphatic carbocycles. The Morgan fingerprint density at radius 1 is 0.786 bits per heavy atom. The van der Waals surface area contributed by atoms with Crippen LogP contribution in [0.1, 0.15) is 11.1 Å². The van der Waals surface area contributed by atoms with Crippen molar-refractivity contribution in [2.45, 2.75) is 6.42 Å². The third-order valence-electron chi connectivity index (χ3n) is 4.64. The number of halogens is 2. The second-order valence-electron chi connectivity index (χ2n) is 6.58. The van der Waals surface area contributed by atoms with Crippen molar-refractivity contribution >= 4 is 22.7 Å². The number of nitrogens with zero attached hydrogens (tertiary/aromatic N) is 1. The van der Waals surface area contributed by atoms with E-state index in [2.05, 4.69) is 4.98 Å². The van der Waals surface area contributed by atoms with Crippen LogP contribution >= 0.6 is 0 Å². The zero-order valence-corrected chi connectivity index (χ0v) is 15.1. The fourth-order valence-electron chi connectivity index (χ4n) is 3.10. The molecule has 28 heavy (non-hydrogen) atoms. The number of hydrogen-bond acceptors (Lipinski definition) is 2. The summed E-state index contributed by atoms with van der Waals surface area (Å²) >= 11 is 0. The molecule has 0 atom stereocenters. The monoisotopic (exact) mass is 372 g/mol. The number of anilines is 1. The highest BCUT2D eigenvalue weighted by molar-refractivity contribution is 5.95. The molecule has 4 rings (SSSR count). The third-order valence-corrected chi connectivity index (χ3v) is 4.64. The normalized spacial score (nSPS) is 11.4. The lowest BCUT2D eigenvalue weighted by Gasteiger charge is -2.08. The Bertz CT molecular complexity index is 1150. The molecule has 4 aromatic rings. The zero-order chi connectivity index (χ0) is 19.5. The van der Waals surface area contributed by atoms with Crippen LogP contribution in [0.15, 0.2) is 78.9 Å². The minimum Gasteiger partial charge on any atom is -0.396 e. The highest BCUT2D eigenvalue weighted by Gasteiger charge is 2.07. The minimum atomic E-state index is -0.280. The van der Waals surface area contributed by atoms with Crippen LogP contribution in [0, 0.1) is 11.6 Å². The molecule has 0 bridgehead atoms. The first-order valence-corrected chi connectivity index (χ1v) is 8.96.